The molecule has 0 saturated carbocycles. The summed E-state index contributed by atoms with van der Waals surface area (Å²) in [5.41, 5.74) is 4.73. The van der Waals surface area contributed by atoms with E-state index in [9.17, 15) is 14.0 Å². The summed E-state index contributed by atoms with van der Waals surface area (Å²) in [6, 6.07) is 16.5. The molecule has 0 bridgehead atoms. The van der Waals surface area contributed by atoms with Crippen LogP contribution in [-0.4, -0.2) is 26.9 Å². The van der Waals surface area contributed by atoms with Gasteiger partial charge in [0.1, 0.15) is 11.6 Å². The van der Waals surface area contributed by atoms with Crippen LogP contribution in [0.25, 0.3) is 27.8 Å². The van der Waals surface area contributed by atoms with Gasteiger partial charge in [0.15, 0.2) is 5.58 Å². The van der Waals surface area contributed by atoms with E-state index in [-0.39, 0.29) is 17.0 Å². The number of benzene rings is 3. The van der Waals surface area contributed by atoms with Gasteiger partial charge < -0.3 is 15.2 Å². The average molecular weight is 525 g/mol. The molecule has 3 amide bonds. The summed E-state index contributed by atoms with van der Waals surface area (Å²) >= 11 is 0. The zero-order chi connectivity index (χ0) is 27.3. The fraction of sp³-hybridized carbons (Fsp3) is 0.172. The van der Waals surface area contributed by atoms with E-state index < -0.39 is 11.8 Å². The molecule has 0 saturated heterocycles. The lowest BCUT2D eigenvalue weighted by Crippen LogP contribution is -2.22. The van der Waals surface area contributed by atoms with Crippen LogP contribution in [0.4, 0.5) is 20.7 Å². The number of rotatable bonds is 4. The minimum absolute atomic E-state index is 0.00730. The summed E-state index contributed by atoms with van der Waals surface area (Å²) in [4.78, 5) is 25.2. The van der Waals surface area contributed by atoms with E-state index in [4.69, 9.17) is 9.62 Å². The highest BCUT2D eigenvalue weighted by Crippen LogP contribution is 2.32. The SMILES string of the molecule is CC(C)(C)c1cc(NC(=O)Nc2cc(-c3cccc4c3CNC4=O)ccc2F)n(-c2ccc3oncc3c2)n1. The standard InChI is InChI=1S/C29H25FN6O3/c1-29(2,3)25-13-26(36(35-25)18-8-10-24-17(11-18)14-32-39-24)34-28(38)33-23-12-16(7-9-22(23)30)19-5-4-6-20-21(19)15-31-27(20)37/h4-14H,15H2,1-3H3,(H,31,37)(H2,33,34,38). The number of amides is 3. The van der Waals surface area contributed by atoms with Gasteiger partial charge in [0, 0.05) is 29.0 Å². The van der Waals surface area contributed by atoms with Gasteiger partial charge in [-0.05, 0) is 53.1 Å². The third-order valence-electron chi connectivity index (χ3n) is 6.67. The van der Waals surface area contributed by atoms with Crippen molar-refractivity contribution < 1.29 is 18.5 Å². The van der Waals surface area contributed by atoms with Crippen LogP contribution in [0, 0.1) is 5.82 Å². The van der Waals surface area contributed by atoms with E-state index in [1.165, 1.54) is 6.07 Å². The van der Waals surface area contributed by atoms with Crippen molar-refractivity contribution in [1.29, 1.82) is 0 Å². The molecule has 5 aromatic rings. The molecule has 0 atom stereocenters. The molecule has 0 spiro atoms. The summed E-state index contributed by atoms with van der Waals surface area (Å²) < 4.78 is 21.6. The smallest absolute Gasteiger partial charge is 0.324 e. The molecule has 2 aromatic heterocycles. The molecule has 1 aliphatic heterocycles. The lowest BCUT2D eigenvalue weighted by Gasteiger charge is -2.14. The van der Waals surface area contributed by atoms with E-state index in [1.807, 2.05) is 39.0 Å². The zero-order valence-electron chi connectivity index (χ0n) is 21.5. The minimum Gasteiger partial charge on any atom is -0.356 e. The van der Waals surface area contributed by atoms with E-state index >= 15 is 0 Å². The Kier molecular flexibility index (Phi) is 5.67. The monoisotopic (exact) mass is 524 g/mol. The summed E-state index contributed by atoms with van der Waals surface area (Å²) in [5.74, 6) is -0.311. The molecule has 196 valence electrons. The fourth-order valence-corrected chi connectivity index (χ4v) is 4.61. The Morgan fingerprint density at radius 3 is 2.69 bits per heavy atom. The van der Waals surface area contributed by atoms with Crippen molar-refractivity contribution in [3.8, 4) is 16.8 Å². The maximum Gasteiger partial charge on any atom is 0.324 e. The molecular weight excluding hydrogens is 499 g/mol. The lowest BCUT2D eigenvalue weighted by molar-refractivity contribution is 0.0965. The highest BCUT2D eigenvalue weighted by molar-refractivity contribution is 6.02. The van der Waals surface area contributed by atoms with Crippen molar-refractivity contribution in [3.05, 3.63) is 89.5 Å². The van der Waals surface area contributed by atoms with Crippen molar-refractivity contribution in [2.24, 2.45) is 0 Å². The van der Waals surface area contributed by atoms with Gasteiger partial charge in [0.05, 0.1) is 23.3 Å². The van der Waals surface area contributed by atoms with Crippen LogP contribution in [-0.2, 0) is 12.0 Å². The van der Waals surface area contributed by atoms with Crippen LogP contribution in [0.15, 0.2) is 71.4 Å². The predicted molar refractivity (Wildman–Crippen MR) is 145 cm³/mol. The number of halogens is 1. The van der Waals surface area contributed by atoms with Crippen LogP contribution >= 0.6 is 0 Å². The Morgan fingerprint density at radius 1 is 1.05 bits per heavy atom. The van der Waals surface area contributed by atoms with Crippen molar-refractivity contribution in [2.75, 3.05) is 10.6 Å². The predicted octanol–water partition coefficient (Wildman–Crippen LogP) is 6.00. The zero-order valence-corrected chi connectivity index (χ0v) is 21.5. The average Bonchev–Trinajstić information content (AvgIpc) is 3.63. The molecule has 9 nitrogen and oxygen atoms in total. The van der Waals surface area contributed by atoms with Crippen LogP contribution < -0.4 is 16.0 Å². The molecule has 0 unspecified atom stereocenters. The number of hydrogen-bond donors (Lipinski definition) is 3. The molecule has 39 heavy (non-hydrogen) atoms. The van der Waals surface area contributed by atoms with E-state index in [0.717, 1.165) is 22.2 Å². The second-order valence-corrected chi connectivity index (χ2v) is 10.4. The number of aromatic nitrogens is 3. The van der Waals surface area contributed by atoms with Gasteiger partial charge in [0.2, 0.25) is 0 Å². The maximum absolute atomic E-state index is 14.8. The first-order valence-electron chi connectivity index (χ1n) is 12.4. The lowest BCUT2D eigenvalue weighted by atomic mass is 9.92. The number of hydrogen-bond acceptors (Lipinski definition) is 5. The van der Waals surface area contributed by atoms with Gasteiger partial charge in [0.25, 0.3) is 5.91 Å². The number of carbonyl (C=O) groups excluding carboxylic acids is 2. The minimum atomic E-state index is -0.631. The first-order chi connectivity index (χ1) is 18.7. The third kappa shape index (κ3) is 4.50. The summed E-state index contributed by atoms with van der Waals surface area (Å²) in [6.45, 7) is 6.47. The number of urea groups is 1. The van der Waals surface area contributed by atoms with Crippen molar-refractivity contribution in [2.45, 2.75) is 32.7 Å². The first kappa shape index (κ1) is 24.4. The molecule has 10 heteroatoms. The van der Waals surface area contributed by atoms with E-state index in [1.54, 1.807) is 47.3 Å². The van der Waals surface area contributed by atoms with E-state index in [0.29, 0.717) is 34.8 Å². The van der Waals surface area contributed by atoms with E-state index in [2.05, 4.69) is 21.1 Å². The highest BCUT2D eigenvalue weighted by Gasteiger charge is 2.24. The molecule has 1 aliphatic rings. The largest absolute Gasteiger partial charge is 0.356 e. The van der Waals surface area contributed by atoms with Crippen LogP contribution in [0.5, 0.6) is 0 Å². The summed E-state index contributed by atoms with van der Waals surface area (Å²) in [6.07, 6.45) is 1.61. The Labute approximate surface area is 223 Å². The Morgan fingerprint density at radius 2 is 1.87 bits per heavy atom. The third-order valence-corrected chi connectivity index (χ3v) is 6.67. The number of nitrogens with one attached hydrogen (secondary N) is 3. The summed E-state index contributed by atoms with van der Waals surface area (Å²) in [5, 5.41) is 17.6. The molecule has 0 fully saturated rings. The van der Waals surface area contributed by atoms with Crippen LogP contribution in [0.1, 0.15) is 42.4 Å². The molecular formula is C29H25FN6O3. The topological polar surface area (TPSA) is 114 Å². The maximum atomic E-state index is 14.8. The van der Waals surface area contributed by atoms with Gasteiger partial charge in [-0.2, -0.15) is 5.10 Å². The molecule has 3 heterocycles. The van der Waals surface area contributed by atoms with Crippen LogP contribution in [0.3, 0.4) is 0 Å². The van der Waals surface area contributed by atoms with Crippen molar-refractivity contribution >= 4 is 34.4 Å². The molecule has 0 aliphatic carbocycles. The van der Waals surface area contributed by atoms with Gasteiger partial charge in [-0.25, -0.2) is 13.9 Å². The Hall–Kier alpha value is -4.99. The fourth-order valence-electron chi connectivity index (χ4n) is 4.61. The second-order valence-electron chi connectivity index (χ2n) is 10.4. The second kappa shape index (κ2) is 9.09. The quantitative estimate of drug-likeness (QED) is 0.267. The molecule has 3 aromatic carbocycles. The highest BCUT2D eigenvalue weighted by atomic mass is 19.1. The number of anilines is 2. The van der Waals surface area contributed by atoms with Gasteiger partial charge in [-0.1, -0.05) is 44.1 Å². The first-order valence-corrected chi connectivity index (χ1v) is 12.4. The molecule has 0 radical (unpaired) electrons. The number of nitrogens with zero attached hydrogens (tertiary/aromatic N) is 3. The van der Waals surface area contributed by atoms with Gasteiger partial charge in [-0.15, -0.1) is 0 Å². The molecule has 6 rings (SSSR count). The Balaban J connectivity index is 1.30. The van der Waals surface area contributed by atoms with Crippen molar-refractivity contribution in [3.63, 3.8) is 0 Å². The Bertz CT molecular complexity index is 1760. The number of fused-ring (bicyclic) bond motifs is 2. The van der Waals surface area contributed by atoms with Crippen LogP contribution in [0.2, 0.25) is 0 Å². The normalized spacial score (nSPS) is 12.9. The van der Waals surface area contributed by atoms with Gasteiger partial charge in [-0.3, -0.25) is 10.1 Å². The van der Waals surface area contributed by atoms with Gasteiger partial charge >= 0.3 is 6.03 Å². The summed E-state index contributed by atoms with van der Waals surface area (Å²) in [7, 11) is 0. The number of carbonyl (C=O) groups is 2. The van der Waals surface area contributed by atoms with Crippen molar-refractivity contribution in [1.82, 2.24) is 20.3 Å². The molecule has 3 N–H and O–H groups in total.